The van der Waals surface area contributed by atoms with Crippen LogP contribution in [0.4, 0.5) is 18.0 Å². The number of ether oxygens (including phenoxy) is 1. The Kier molecular flexibility index (Phi) is 5.57. The lowest BCUT2D eigenvalue weighted by molar-refractivity contribution is -0.138. The van der Waals surface area contributed by atoms with Crippen LogP contribution in [0, 0.1) is 0 Å². The zero-order valence-electron chi connectivity index (χ0n) is 12.5. The van der Waals surface area contributed by atoms with E-state index in [1.807, 2.05) is 0 Å². The summed E-state index contributed by atoms with van der Waals surface area (Å²) in [6.07, 6.45) is -5.29. The number of carbonyl (C=O) groups excluding carboxylic acids is 2. The second kappa shape index (κ2) is 6.81. The third kappa shape index (κ3) is 5.38. The third-order valence-electron chi connectivity index (χ3n) is 2.66. The number of benzene rings is 1. The van der Waals surface area contributed by atoms with Gasteiger partial charge in [-0.05, 0) is 32.4 Å². The number of nitrogens with one attached hydrogen (secondary N) is 1. The van der Waals surface area contributed by atoms with Gasteiger partial charge in [0.1, 0.15) is 11.9 Å². The average Bonchev–Trinajstić information content (AvgIpc) is 2.35. The fraction of sp³-hybridized carbons (Fsp3) is 0.467. The van der Waals surface area contributed by atoms with Gasteiger partial charge in [0.05, 0.1) is 11.6 Å². The van der Waals surface area contributed by atoms with Crippen molar-refractivity contribution in [2.75, 3.05) is 0 Å². The Balaban J connectivity index is 3.07. The Hall–Kier alpha value is -2.05. The summed E-state index contributed by atoms with van der Waals surface area (Å²) >= 11 is 0. The molecule has 1 rings (SSSR count). The lowest BCUT2D eigenvalue weighted by atomic mass is 9.98. The normalized spacial score (nSPS) is 13.4. The molecule has 22 heavy (non-hydrogen) atoms. The maximum absolute atomic E-state index is 13.0. The second-order valence-corrected chi connectivity index (χ2v) is 5.69. The molecule has 0 aliphatic rings. The molecule has 1 atom stereocenters. The number of rotatable bonds is 4. The summed E-state index contributed by atoms with van der Waals surface area (Å²) in [6, 6.07) is 3.69. The van der Waals surface area contributed by atoms with Crippen LogP contribution in [-0.4, -0.2) is 18.0 Å². The van der Waals surface area contributed by atoms with E-state index in [0.717, 1.165) is 6.07 Å². The SMILES string of the molecule is CC(C)(C)OC(=O)N[C@H](CC=O)c1ccccc1C(F)(F)F. The van der Waals surface area contributed by atoms with Gasteiger partial charge in [-0.3, -0.25) is 0 Å². The summed E-state index contributed by atoms with van der Waals surface area (Å²) in [7, 11) is 0. The first kappa shape index (κ1) is 18.0. The minimum Gasteiger partial charge on any atom is -0.444 e. The molecule has 0 radical (unpaired) electrons. The molecule has 0 saturated heterocycles. The molecule has 1 aromatic rings. The van der Waals surface area contributed by atoms with Crippen molar-refractivity contribution >= 4 is 12.4 Å². The summed E-state index contributed by atoms with van der Waals surface area (Å²) in [5, 5.41) is 2.31. The van der Waals surface area contributed by atoms with E-state index >= 15 is 0 Å². The Morgan fingerprint density at radius 2 is 1.86 bits per heavy atom. The average molecular weight is 317 g/mol. The molecule has 0 aliphatic heterocycles. The second-order valence-electron chi connectivity index (χ2n) is 5.69. The van der Waals surface area contributed by atoms with Crippen molar-refractivity contribution in [3.05, 3.63) is 35.4 Å². The lowest BCUT2D eigenvalue weighted by Crippen LogP contribution is -2.35. The van der Waals surface area contributed by atoms with E-state index in [2.05, 4.69) is 5.32 Å². The summed E-state index contributed by atoms with van der Waals surface area (Å²) in [5.74, 6) is 0. The molecule has 0 saturated carbocycles. The van der Waals surface area contributed by atoms with Gasteiger partial charge in [-0.2, -0.15) is 13.2 Å². The molecule has 0 fully saturated rings. The molecular formula is C15H18F3NO3. The zero-order chi connectivity index (χ0) is 17.0. The highest BCUT2D eigenvalue weighted by Crippen LogP contribution is 2.35. The zero-order valence-corrected chi connectivity index (χ0v) is 12.5. The number of alkyl carbamates (subject to hydrolysis) is 1. The van der Waals surface area contributed by atoms with E-state index in [9.17, 15) is 22.8 Å². The van der Waals surface area contributed by atoms with E-state index in [1.165, 1.54) is 18.2 Å². The van der Waals surface area contributed by atoms with Crippen LogP contribution in [0.3, 0.4) is 0 Å². The summed E-state index contributed by atoms with van der Waals surface area (Å²) in [5.41, 5.74) is -1.86. The van der Waals surface area contributed by atoms with E-state index in [1.54, 1.807) is 20.8 Å². The molecule has 0 spiro atoms. The number of carbonyl (C=O) groups is 2. The van der Waals surface area contributed by atoms with E-state index < -0.39 is 29.5 Å². The van der Waals surface area contributed by atoms with Crippen LogP contribution in [0.15, 0.2) is 24.3 Å². The molecule has 0 heterocycles. The van der Waals surface area contributed by atoms with Crippen molar-refractivity contribution in [3.8, 4) is 0 Å². The number of hydrogen-bond donors (Lipinski definition) is 1. The highest BCUT2D eigenvalue weighted by atomic mass is 19.4. The summed E-state index contributed by atoms with van der Waals surface area (Å²) in [4.78, 5) is 22.5. The fourth-order valence-corrected chi connectivity index (χ4v) is 1.87. The van der Waals surface area contributed by atoms with Crippen LogP contribution in [0.5, 0.6) is 0 Å². The molecule has 0 aromatic heterocycles. The molecule has 122 valence electrons. The van der Waals surface area contributed by atoms with Gasteiger partial charge in [0.15, 0.2) is 0 Å². The maximum Gasteiger partial charge on any atom is 0.416 e. The van der Waals surface area contributed by atoms with Crippen LogP contribution in [0.2, 0.25) is 0 Å². The molecule has 1 N–H and O–H groups in total. The molecule has 4 nitrogen and oxygen atoms in total. The van der Waals surface area contributed by atoms with Gasteiger partial charge in [-0.15, -0.1) is 0 Å². The van der Waals surface area contributed by atoms with E-state index in [0.29, 0.717) is 6.29 Å². The van der Waals surface area contributed by atoms with Crippen LogP contribution < -0.4 is 5.32 Å². The fourth-order valence-electron chi connectivity index (χ4n) is 1.87. The number of aldehydes is 1. The predicted octanol–water partition coefficient (Wildman–Crippen LogP) is 3.86. The van der Waals surface area contributed by atoms with Gasteiger partial charge < -0.3 is 14.8 Å². The van der Waals surface area contributed by atoms with Crippen molar-refractivity contribution < 1.29 is 27.5 Å². The Morgan fingerprint density at radius 3 is 2.36 bits per heavy atom. The Bertz CT molecular complexity index is 536. The molecule has 0 bridgehead atoms. The first-order chi connectivity index (χ1) is 10.0. The van der Waals surface area contributed by atoms with E-state index in [4.69, 9.17) is 4.74 Å². The minimum absolute atomic E-state index is 0.173. The highest BCUT2D eigenvalue weighted by molar-refractivity contribution is 5.69. The van der Waals surface area contributed by atoms with Crippen LogP contribution >= 0.6 is 0 Å². The third-order valence-corrected chi connectivity index (χ3v) is 2.66. The molecular weight excluding hydrogens is 299 g/mol. The van der Waals surface area contributed by atoms with Crippen LogP contribution in [0.25, 0.3) is 0 Å². The molecule has 0 unspecified atom stereocenters. The van der Waals surface area contributed by atoms with Crippen molar-refractivity contribution in [3.63, 3.8) is 0 Å². The highest BCUT2D eigenvalue weighted by Gasteiger charge is 2.35. The summed E-state index contributed by atoms with van der Waals surface area (Å²) < 4.78 is 44.1. The number of halogens is 3. The largest absolute Gasteiger partial charge is 0.444 e. The first-order valence-corrected chi connectivity index (χ1v) is 6.64. The number of hydrogen-bond acceptors (Lipinski definition) is 3. The van der Waals surface area contributed by atoms with Crippen LogP contribution in [-0.2, 0) is 15.7 Å². The number of amides is 1. The number of alkyl halides is 3. The van der Waals surface area contributed by atoms with E-state index in [-0.39, 0.29) is 12.0 Å². The topological polar surface area (TPSA) is 55.4 Å². The maximum atomic E-state index is 13.0. The predicted molar refractivity (Wildman–Crippen MR) is 74.2 cm³/mol. The van der Waals surface area contributed by atoms with Gasteiger partial charge >= 0.3 is 12.3 Å². The van der Waals surface area contributed by atoms with Crippen molar-refractivity contribution in [1.82, 2.24) is 5.32 Å². The molecule has 1 amide bonds. The summed E-state index contributed by atoms with van der Waals surface area (Å²) in [6.45, 7) is 4.89. The lowest BCUT2D eigenvalue weighted by Gasteiger charge is -2.24. The molecule has 0 aliphatic carbocycles. The van der Waals surface area contributed by atoms with Crippen LogP contribution in [0.1, 0.15) is 44.4 Å². The van der Waals surface area contributed by atoms with Gasteiger partial charge in [0, 0.05) is 6.42 Å². The minimum atomic E-state index is -4.58. The van der Waals surface area contributed by atoms with Crippen molar-refractivity contribution in [2.45, 2.75) is 45.0 Å². The van der Waals surface area contributed by atoms with Gasteiger partial charge in [0.25, 0.3) is 0 Å². The van der Waals surface area contributed by atoms with Crippen molar-refractivity contribution in [1.29, 1.82) is 0 Å². The first-order valence-electron chi connectivity index (χ1n) is 6.64. The monoisotopic (exact) mass is 317 g/mol. The van der Waals surface area contributed by atoms with Gasteiger partial charge in [-0.1, -0.05) is 18.2 Å². The smallest absolute Gasteiger partial charge is 0.416 e. The Labute approximate surface area is 126 Å². The molecule has 1 aromatic carbocycles. The van der Waals surface area contributed by atoms with Crippen molar-refractivity contribution in [2.24, 2.45) is 0 Å². The standard InChI is InChI=1S/C15H18F3NO3/c1-14(2,3)22-13(21)19-12(8-9-20)10-6-4-5-7-11(10)15(16,17)18/h4-7,9,12H,8H2,1-3H3,(H,19,21)/t12-/m1/s1. The molecule has 7 heteroatoms. The van der Waals surface area contributed by atoms with Gasteiger partial charge in [-0.25, -0.2) is 4.79 Å². The Morgan fingerprint density at radius 1 is 1.27 bits per heavy atom. The quantitative estimate of drug-likeness (QED) is 0.858. The van der Waals surface area contributed by atoms with Gasteiger partial charge in [0.2, 0.25) is 0 Å².